The van der Waals surface area contributed by atoms with Gasteiger partial charge in [-0.1, -0.05) is 12.1 Å². The summed E-state index contributed by atoms with van der Waals surface area (Å²) < 4.78 is 7.16. The predicted molar refractivity (Wildman–Crippen MR) is 110 cm³/mol. The third-order valence-corrected chi connectivity index (χ3v) is 4.50. The van der Waals surface area contributed by atoms with E-state index in [0.717, 1.165) is 16.9 Å². The lowest BCUT2D eigenvalue weighted by molar-refractivity contribution is -0.384. The van der Waals surface area contributed by atoms with Gasteiger partial charge in [0.2, 0.25) is 0 Å². The second kappa shape index (κ2) is 9.11. The quantitative estimate of drug-likeness (QED) is 0.332. The molecule has 0 fully saturated rings. The van der Waals surface area contributed by atoms with Gasteiger partial charge in [-0.3, -0.25) is 19.6 Å². The van der Waals surface area contributed by atoms with Crippen LogP contribution in [0.1, 0.15) is 21.6 Å². The number of nitrogens with zero attached hydrogens (tertiary/aromatic N) is 4. The van der Waals surface area contributed by atoms with Gasteiger partial charge in [0.05, 0.1) is 29.3 Å². The molecule has 0 aliphatic carbocycles. The van der Waals surface area contributed by atoms with Crippen LogP contribution in [0.5, 0.6) is 5.75 Å². The van der Waals surface area contributed by atoms with Crippen LogP contribution >= 0.6 is 15.9 Å². The highest BCUT2D eigenvalue weighted by Gasteiger charge is 2.15. The number of ether oxygens (including phenoxy) is 1. The number of carbonyl (C=O) groups is 1. The van der Waals surface area contributed by atoms with E-state index in [-0.39, 0.29) is 11.4 Å². The molecule has 0 saturated carbocycles. The smallest absolute Gasteiger partial charge is 0.293 e. The summed E-state index contributed by atoms with van der Waals surface area (Å²) in [5.41, 5.74) is 4.25. The SMILES string of the molecule is COc1ccc(/C=N/NC(=O)c2nn(Cc3ccc([N+](=O)[O-])cc3)cc2Br)cc1. The zero-order valence-corrected chi connectivity index (χ0v) is 16.9. The molecular weight excluding hydrogens is 442 g/mol. The molecular formula is C19H16BrN5O4. The average Bonchev–Trinajstić information content (AvgIpc) is 3.09. The summed E-state index contributed by atoms with van der Waals surface area (Å²) in [5.74, 6) is 0.262. The number of nitro benzene ring substituents is 1. The molecule has 0 unspecified atom stereocenters. The van der Waals surface area contributed by atoms with Gasteiger partial charge in [0.25, 0.3) is 11.6 Å². The topological polar surface area (TPSA) is 112 Å². The fourth-order valence-corrected chi connectivity index (χ4v) is 2.95. The van der Waals surface area contributed by atoms with Crippen molar-refractivity contribution >= 4 is 33.7 Å². The van der Waals surface area contributed by atoms with Crippen LogP contribution in [0.3, 0.4) is 0 Å². The summed E-state index contributed by atoms with van der Waals surface area (Å²) in [6.07, 6.45) is 3.17. The van der Waals surface area contributed by atoms with Crippen molar-refractivity contribution in [2.24, 2.45) is 5.10 Å². The number of hydrogen-bond acceptors (Lipinski definition) is 6. The van der Waals surface area contributed by atoms with Gasteiger partial charge in [-0.15, -0.1) is 0 Å². The lowest BCUT2D eigenvalue weighted by atomic mass is 10.2. The molecule has 0 bridgehead atoms. The molecule has 1 N–H and O–H groups in total. The van der Waals surface area contributed by atoms with E-state index in [2.05, 4.69) is 31.6 Å². The first-order valence-corrected chi connectivity index (χ1v) is 9.19. The summed E-state index contributed by atoms with van der Waals surface area (Å²) in [6.45, 7) is 0.360. The van der Waals surface area contributed by atoms with Crippen LogP contribution in [-0.4, -0.2) is 33.9 Å². The van der Waals surface area contributed by atoms with Gasteiger partial charge >= 0.3 is 0 Å². The Labute approximate surface area is 174 Å². The third kappa shape index (κ3) is 5.26. The van der Waals surface area contributed by atoms with Gasteiger partial charge in [0, 0.05) is 18.3 Å². The average molecular weight is 458 g/mol. The van der Waals surface area contributed by atoms with E-state index in [1.54, 1.807) is 42.3 Å². The monoisotopic (exact) mass is 457 g/mol. The van der Waals surface area contributed by atoms with E-state index in [4.69, 9.17) is 4.74 Å². The van der Waals surface area contributed by atoms with E-state index >= 15 is 0 Å². The minimum absolute atomic E-state index is 0.0187. The number of hydrazone groups is 1. The maximum Gasteiger partial charge on any atom is 0.293 e. The number of halogens is 1. The highest BCUT2D eigenvalue weighted by atomic mass is 79.9. The van der Waals surface area contributed by atoms with Crippen molar-refractivity contribution in [2.75, 3.05) is 7.11 Å². The Morgan fingerprint density at radius 3 is 2.59 bits per heavy atom. The van der Waals surface area contributed by atoms with Gasteiger partial charge in [0.15, 0.2) is 5.69 Å². The number of aromatic nitrogens is 2. The van der Waals surface area contributed by atoms with Crippen LogP contribution in [0.15, 0.2) is 64.3 Å². The Balaban J connectivity index is 1.63. The maximum absolute atomic E-state index is 12.3. The van der Waals surface area contributed by atoms with Crippen LogP contribution in [0.4, 0.5) is 5.69 Å². The van der Waals surface area contributed by atoms with Crippen molar-refractivity contribution in [1.82, 2.24) is 15.2 Å². The Morgan fingerprint density at radius 1 is 1.28 bits per heavy atom. The summed E-state index contributed by atoms with van der Waals surface area (Å²) >= 11 is 3.32. The number of carbonyl (C=O) groups excluding carboxylic acids is 1. The lowest BCUT2D eigenvalue weighted by Crippen LogP contribution is -2.19. The largest absolute Gasteiger partial charge is 0.497 e. The first kappa shape index (κ1) is 20.2. The molecule has 0 atom stereocenters. The van der Waals surface area contributed by atoms with Gasteiger partial charge in [-0.2, -0.15) is 10.2 Å². The number of nitro groups is 1. The summed E-state index contributed by atoms with van der Waals surface area (Å²) in [6, 6.07) is 13.3. The number of methoxy groups -OCH3 is 1. The Hall–Kier alpha value is -3.53. The predicted octanol–water partition coefficient (Wildman–Crippen LogP) is 3.37. The Morgan fingerprint density at radius 2 is 1.97 bits per heavy atom. The fraction of sp³-hybridized carbons (Fsp3) is 0.105. The van der Waals surface area contributed by atoms with E-state index in [1.165, 1.54) is 18.3 Å². The molecule has 0 radical (unpaired) electrons. The normalized spacial score (nSPS) is 10.8. The molecule has 1 aromatic heterocycles. The summed E-state index contributed by atoms with van der Waals surface area (Å²) in [4.78, 5) is 22.6. The van der Waals surface area contributed by atoms with Crippen molar-refractivity contribution in [2.45, 2.75) is 6.54 Å². The second-order valence-electron chi connectivity index (χ2n) is 5.92. The second-order valence-corrected chi connectivity index (χ2v) is 6.77. The highest BCUT2D eigenvalue weighted by Crippen LogP contribution is 2.17. The molecule has 1 heterocycles. The molecule has 0 aliphatic rings. The minimum Gasteiger partial charge on any atom is -0.497 e. The van der Waals surface area contributed by atoms with Gasteiger partial charge in [0.1, 0.15) is 5.75 Å². The number of benzene rings is 2. The summed E-state index contributed by atoms with van der Waals surface area (Å²) in [5, 5.41) is 18.9. The summed E-state index contributed by atoms with van der Waals surface area (Å²) in [7, 11) is 1.59. The van der Waals surface area contributed by atoms with Crippen LogP contribution in [-0.2, 0) is 6.54 Å². The van der Waals surface area contributed by atoms with Crippen molar-refractivity contribution < 1.29 is 14.5 Å². The van der Waals surface area contributed by atoms with Crippen LogP contribution < -0.4 is 10.2 Å². The molecule has 0 spiro atoms. The Bertz CT molecular complexity index is 1050. The van der Waals surface area contributed by atoms with Crippen molar-refractivity contribution in [1.29, 1.82) is 0 Å². The number of rotatable bonds is 7. The molecule has 0 saturated heterocycles. The van der Waals surface area contributed by atoms with E-state index in [9.17, 15) is 14.9 Å². The fourth-order valence-electron chi connectivity index (χ4n) is 2.45. The Kier molecular flexibility index (Phi) is 6.35. The van der Waals surface area contributed by atoms with Gasteiger partial charge in [-0.05, 0) is 51.3 Å². The number of non-ortho nitro benzene ring substituents is 1. The van der Waals surface area contributed by atoms with Crippen molar-refractivity contribution in [3.63, 3.8) is 0 Å². The standard InChI is InChI=1S/C19H16BrN5O4/c1-29-16-8-4-13(5-9-16)10-21-22-19(26)18-17(20)12-24(23-18)11-14-2-6-15(7-3-14)25(27)28/h2-10,12H,11H2,1H3,(H,22,26)/b21-10+. The third-order valence-electron chi connectivity index (χ3n) is 3.92. The molecule has 1 amide bonds. The van der Waals surface area contributed by atoms with Gasteiger partial charge < -0.3 is 4.74 Å². The van der Waals surface area contributed by atoms with Crippen LogP contribution in [0, 0.1) is 10.1 Å². The van der Waals surface area contributed by atoms with Crippen LogP contribution in [0.25, 0.3) is 0 Å². The van der Waals surface area contributed by atoms with Crippen molar-refractivity contribution in [3.05, 3.63) is 86.1 Å². The van der Waals surface area contributed by atoms with E-state index in [0.29, 0.717) is 11.0 Å². The molecule has 10 heteroatoms. The zero-order valence-electron chi connectivity index (χ0n) is 15.3. The first-order valence-electron chi connectivity index (χ1n) is 8.40. The molecule has 3 rings (SSSR count). The molecule has 9 nitrogen and oxygen atoms in total. The number of nitrogens with one attached hydrogen (secondary N) is 1. The highest BCUT2D eigenvalue weighted by molar-refractivity contribution is 9.10. The molecule has 2 aromatic carbocycles. The molecule has 29 heavy (non-hydrogen) atoms. The van der Waals surface area contributed by atoms with Crippen molar-refractivity contribution in [3.8, 4) is 5.75 Å². The zero-order chi connectivity index (χ0) is 20.8. The number of hydrogen-bond donors (Lipinski definition) is 1. The lowest BCUT2D eigenvalue weighted by Gasteiger charge is -2.01. The molecule has 3 aromatic rings. The maximum atomic E-state index is 12.3. The van der Waals surface area contributed by atoms with Gasteiger partial charge in [-0.25, -0.2) is 5.43 Å². The first-order chi connectivity index (χ1) is 14.0. The number of amides is 1. The minimum atomic E-state index is -0.468. The van der Waals surface area contributed by atoms with E-state index < -0.39 is 10.8 Å². The molecule has 0 aliphatic heterocycles. The van der Waals surface area contributed by atoms with E-state index in [1.807, 2.05) is 12.1 Å². The van der Waals surface area contributed by atoms with Crippen LogP contribution in [0.2, 0.25) is 0 Å². The molecule has 148 valence electrons.